The first kappa shape index (κ1) is 14.6. The van der Waals surface area contributed by atoms with Gasteiger partial charge < -0.3 is 9.47 Å². The molecule has 2 rings (SSSR count). The van der Waals surface area contributed by atoms with Gasteiger partial charge in [-0.2, -0.15) is 0 Å². The van der Waals surface area contributed by atoms with Crippen LogP contribution in [0.25, 0.3) is 6.08 Å². The van der Waals surface area contributed by atoms with Gasteiger partial charge in [0.25, 0.3) is 0 Å². The monoisotopic (exact) mass is 285 g/mol. The van der Waals surface area contributed by atoms with Gasteiger partial charge in [0.1, 0.15) is 6.61 Å². The van der Waals surface area contributed by atoms with Crippen molar-refractivity contribution in [3.8, 4) is 11.5 Å². The first-order valence-corrected chi connectivity index (χ1v) is 6.35. The maximum atomic E-state index is 10.3. The molecule has 0 spiro atoms. The summed E-state index contributed by atoms with van der Waals surface area (Å²) in [5, 5.41) is 10.3. The molecule has 0 aliphatic rings. The zero-order chi connectivity index (χ0) is 15.1. The summed E-state index contributed by atoms with van der Waals surface area (Å²) in [5.41, 5.74) is 1.73. The molecule has 0 unspecified atom stereocenters. The number of methoxy groups -OCH3 is 1. The first-order valence-electron chi connectivity index (χ1n) is 6.35. The Morgan fingerprint density at radius 1 is 1.14 bits per heavy atom. The Labute approximate surface area is 122 Å². The smallest absolute Gasteiger partial charge is 0.235 e. The average molecular weight is 285 g/mol. The van der Waals surface area contributed by atoms with Gasteiger partial charge in [-0.3, -0.25) is 10.1 Å². The summed E-state index contributed by atoms with van der Waals surface area (Å²) in [6.45, 7) is 0.432. The zero-order valence-corrected chi connectivity index (χ0v) is 11.6. The van der Waals surface area contributed by atoms with Gasteiger partial charge in [-0.25, -0.2) is 0 Å². The molecule has 5 heteroatoms. The quantitative estimate of drug-likeness (QED) is 0.601. The summed E-state index contributed by atoms with van der Waals surface area (Å²) >= 11 is 0. The van der Waals surface area contributed by atoms with Crippen molar-refractivity contribution >= 4 is 6.08 Å². The van der Waals surface area contributed by atoms with E-state index in [9.17, 15) is 10.1 Å². The molecule has 21 heavy (non-hydrogen) atoms. The van der Waals surface area contributed by atoms with Gasteiger partial charge in [0.2, 0.25) is 6.20 Å². The van der Waals surface area contributed by atoms with Gasteiger partial charge in [0, 0.05) is 6.08 Å². The highest BCUT2D eigenvalue weighted by molar-refractivity contribution is 5.55. The van der Waals surface area contributed by atoms with Crippen LogP contribution in [0.1, 0.15) is 11.1 Å². The maximum absolute atomic E-state index is 10.3. The van der Waals surface area contributed by atoms with Crippen molar-refractivity contribution in [2.45, 2.75) is 6.61 Å². The van der Waals surface area contributed by atoms with Crippen LogP contribution in [-0.2, 0) is 6.61 Å². The minimum atomic E-state index is -0.508. The molecule has 0 atom stereocenters. The Bertz CT molecular complexity index is 638. The van der Waals surface area contributed by atoms with Crippen LogP contribution in [0.3, 0.4) is 0 Å². The molecule has 0 heterocycles. The fraction of sp³-hybridized carbons (Fsp3) is 0.125. The first-order chi connectivity index (χ1) is 10.2. The molecule has 0 aromatic heterocycles. The van der Waals surface area contributed by atoms with E-state index in [1.807, 2.05) is 30.3 Å². The van der Waals surface area contributed by atoms with Crippen LogP contribution >= 0.6 is 0 Å². The molecule has 0 N–H and O–H groups in total. The van der Waals surface area contributed by atoms with E-state index in [2.05, 4.69) is 0 Å². The lowest BCUT2D eigenvalue weighted by Crippen LogP contribution is -1.97. The van der Waals surface area contributed by atoms with Crippen molar-refractivity contribution < 1.29 is 14.4 Å². The maximum Gasteiger partial charge on any atom is 0.235 e. The van der Waals surface area contributed by atoms with Crippen LogP contribution in [0.4, 0.5) is 0 Å². The van der Waals surface area contributed by atoms with Crippen LogP contribution in [0.15, 0.2) is 54.7 Å². The number of nitro groups is 1. The van der Waals surface area contributed by atoms with Crippen LogP contribution in [0, 0.1) is 10.1 Å². The third-order valence-corrected chi connectivity index (χ3v) is 2.81. The van der Waals surface area contributed by atoms with Gasteiger partial charge in [0.15, 0.2) is 11.5 Å². The second-order valence-corrected chi connectivity index (χ2v) is 4.29. The van der Waals surface area contributed by atoms with Gasteiger partial charge >= 0.3 is 0 Å². The molecule has 2 aromatic carbocycles. The molecule has 0 saturated heterocycles. The highest BCUT2D eigenvalue weighted by atomic mass is 16.6. The molecule has 0 aliphatic carbocycles. The highest BCUT2D eigenvalue weighted by Gasteiger charge is 2.05. The van der Waals surface area contributed by atoms with Crippen LogP contribution < -0.4 is 9.47 Å². The van der Waals surface area contributed by atoms with Gasteiger partial charge in [0.05, 0.1) is 12.0 Å². The SMILES string of the molecule is COc1cc(/C=C\[N+](=O)[O-])ccc1OCc1ccccc1. The second-order valence-electron chi connectivity index (χ2n) is 4.29. The van der Waals surface area contributed by atoms with Crippen LogP contribution in [0.5, 0.6) is 11.5 Å². The Hall–Kier alpha value is -2.82. The van der Waals surface area contributed by atoms with E-state index in [1.165, 1.54) is 13.2 Å². The Morgan fingerprint density at radius 3 is 2.57 bits per heavy atom. The van der Waals surface area contributed by atoms with Crippen molar-refractivity contribution in [3.63, 3.8) is 0 Å². The fourth-order valence-corrected chi connectivity index (χ4v) is 1.79. The molecule has 5 nitrogen and oxygen atoms in total. The molecule has 2 aromatic rings. The summed E-state index contributed by atoms with van der Waals surface area (Å²) in [5.74, 6) is 1.14. The highest BCUT2D eigenvalue weighted by Crippen LogP contribution is 2.29. The summed E-state index contributed by atoms with van der Waals surface area (Å²) in [6.07, 6.45) is 2.29. The lowest BCUT2D eigenvalue weighted by molar-refractivity contribution is -0.400. The van der Waals surface area contributed by atoms with E-state index >= 15 is 0 Å². The van der Waals surface area contributed by atoms with Crippen molar-refractivity contribution in [2.24, 2.45) is 0 Å². The second kappa shape index (κ2) is 7.09. The van der Waals surface area contributed by atoms with Crippen molar-refractivity contribution in [1.82, 2.24) is 0 Å². The summed E-state index contributed by atoms with van der Waals surface area (Å²) in [7, 11) is 1.53. The molecule has 0 radical (unpaired) electrons. The van der Waals surface area contributed by atoms with Crippen molar-refractivity contribution in [2.75, 3.05) is 7.11 Å². The largest absolute Gasteiger partial charge is 0.493 e. The third kappa shape index (κ3) is 4.35. The molecule has 0 fully saturated rings. The summed E-state index contributed by atoms with van der Waals surface area (Å²) in [6, 6.07) is 15.0. The number of nitrogens with zero attached hydrogens (tertiary/aromatic N) is 1. The summed E-state index contributed by atoms with van der Waals surface area (Å²) < 4.78 is 11.0. The number of hydrogen-bond acceptors (Lipinski definition) is 4. The van der Waals surface area contributed by atoms with Gasteiger partial charge in [-0.15, -0.1) is 0 Å². The average Bonchev–Trinajstić information content (AvgIpc) is 2.52. The number of hydrogen-bond donors (Lipinski definition) is 0. The van der Waals surface area contributed by atoms with Gasteiger partial charge in [-0.1, -0.05) is 36.4 Å². The molecule has 0 bridgehead atoms. The minimum absolute atomic E-state index is 0.432. The molecular formula is C16H15NO4. The van der Waals surface area contributed by atoms with Gasteiger partial charge in [-0.05, 0) is 23.3 Å². The molecular weight excluding hydrogens is 270 g/mol. The Kier molecular flexibility index (Phi) is 4.93. The van der Waals surface area contributed by atoms with Crippen LogP contribution in [0.2, 0.25) is 0 Å². The standard InChI is InChI=1S/C16H15NO4/c1-20-16-11-13(9-10-17(18)19)7-8-15(16)21-12-14-5-3-2-4-6-14/h2-11H,12H2,1H3/b10-9-. The van der Waals surface area contributed by atoms with E-state index in [1.54, 1.807) is 18.2 Å². The number of rotatable bonds is 6. The zero-order valence-electron chi connectivity index (χ0n) is 11.6. The predicted octanol–water partition coefficient (Wildman–Crippen LogP) is 3.52. The fourth-order valence-electron chi connectivity index (χ4n) is 1.79. The normalized spacial score (nSPS) is 10.5. The topological polar surface area (TPSA) is 61.6 Å². The molecule has 0 aliphatic heterocycles. The summed E-state index contributed by atoms with van der Waals surface area (Å²) in [4.78, 5) is 9.81. The molecule has 0 saturated carbocycles. The van der Waals surface area contributed by atoms with E-state index < -0.39 is 4.92 Å². The van der Waals surface area contributed by atoms with Crippen molar-refractivity contribution in [1.29, 1.82) is 0 Å². The van der Waals surface area contributed by atoms with Crippen molar-refractivity contribution in [3.05, 3.63) is 76.0 Å². The Balaban J connectivity index is 2.11. The minimum Gasteiger partial charge on any atom is -0.493 e. The lowest BCUT2D eigenvalue weighted by atomic mass is 10.2. The third-order valence-electron chi connectivity index (χ3n) is 2.81. The molecule has 0 amide bonds. The van der Waals surface area contributed by atoms with Crippen LogP contribution in [-0.4, -0.2) is 12.0 Å². The van der Waals surface area contributed by atoms with E-state index in [0.717, 1.165) is 11.8 Å². The number of ether oxygens (including phenoxy) is 2. The van der Waals surface area contributed by atoms with E-state index in [0.29, 0.717) is 23.7 Å². The number of benzene rings is 2. The molecule has 108 valence electrons. The van der Waals surface area contributed by atoms with E-state index in [-0.39, 0.29) is 0 Å². The lowest BCUT2D eigenvalue weighted by Gasteiger charge is -2.11. The Morgan fingerprint density at radius 2 is 1.90 bits per heavy atom. The van der Waals surface area contributed by atoms with E-state index in [4.69, 9.17) is 9.47 Å². The predicted molar refractivity (Wildman–Crippen MR) is 79.8 cm³/mol.